The van der Waals surface area contributed by atoms with E-state index in [2.05, 4.69) is 48.7 Å². The number of benzene rings is 1. The fraction of sp³-hybridized carbons (Fsp3) is 0.409. The van der Waals surface area contributed by atoms with Gasteiger partial charge in [0, 0.05) is 23.9 Å². The van der Waals surface area contributed by atoms with Gasteiger partial charge in [-0.25, -0.2) is 9.67 Å². The van der Waals surface area contributed by atoms with Crippen molar-refractivity contribution in [2.24, 2.45) is 4.99 Å². The van der Waals surface area contributed by atoms with Crippen LogP contribution in [0.1, 0.15) is 55.1 Å². The molecule has 0 aliphatic rings. The number of nitrogens with zero attached hydrogens (tertiary/aromatic N) is 4. The van der Waals surface area contributed by atoms with Gasteiger partial charge < -0.3 is 15.2 Å². The largest absolute Gasteiger partial charge is 0.359 e. The molecule has 2 heterocycles. The third-order valence-corrected chi connectivity index (χ3v) is 4.78. The van der Waals surface area contributed by atoms with Crippen molar-refractivity contribution in [1.82, 2.24) is 25.6 Å². The van der Waals surface area contributed by atoms with Gasteiger partial charge in [-0.2, -0.15) is 5.10 Å². The Bertz CT molecular complexity index is 961. The second-order valence-corrected chi connectivity index (χ2v) is 7.32. The molecule has 3 aromatic rings. The summed E-state index contributed by atoms with van der Waals surface area (Å²) >= 11 is 0. The standard InChI is InChI=1S/C22H30N6O.HI/c1-6-23-22(24-13-19-12-21(15(2)3)27-29-19)25-14-20-16(4)26-28(17(20)5)18-10-8-7-9-11-18;/h7-12,15H,6,13-14H2,1-5H3,(H2,23,24,25);1H. The molecule has 2 N–H and O–H groups in total. The summed E-state index contributed by atoms with van der Waals surface area (Å²) in [5.74, 6) is 1.88. The van der Waals surface area contributed by atoms with Gasteiger partial charge in [0.1, 0.15) is 0 Å². The van der Waals surface area contributed by atoms with E-state index in [0.29, 0.717) is 19.0 Å². The van der Waals surface area contributed by atoms with Crippen molar-refractivity contribution in [3.63, 3.8) is 0 Å². The van der Waals surface area contributed by atoms with Crippen LogP contribution in [-0.4, -0.2) is 27.4 Å². The van der Waals surface area contributed by atoms with Crippen molar-refractivity contribution in [2.75, 3.05) is 6.54 Å². The van der Waals surface area contributed by atoms with Gasteiger partial charge in [-0.1, -0.05) is 37.2 Å². The van der Waals surface area contributed by atoms with Crippen molar-refractivity contribution < 1.29 is 4.52 Å². The van der Waals surface area contributed by atoms with E-state index in [0.717, 1.165) is 46.6 Å². The highest BCUT2D eigenvalue weighted by Gasteiger charge is 2.13. The zero-order chi connectivity index (χ0) is 20.8. The van der Waals surface area contributed by atoms with E-state index >= 15 is 0 Å². The van der Waals surface area contributed by atoms with Crippen LogP contribution in [0.3, 0.4) is 0 Å². The zero-order valence-electron chi connectivity index (χ0n) is 18.3. The highest BCUT2D eigenvalue weighted by Crippen LogP contribution is 2.18. The summed E-state index contributed by atoms with van der Waals surface area (Å²) in [5.41, 5.74) is 5.24. The molecule has 0 spiro atoms. The molecular weight excluding hydrogens is 491 g/mol. The molecule has 7 nitrogen and oxygen atoms in total. The average molecular weight is 522 g/mol. The second-order valence-electron chi connectivity index (χ2n) is 7.32. The molecule has 0 saturated heterocycles. The monoisotopic (exact) mass is 522 g/mol. The lowest BCUT2D eigenvalue weighted by molar-refractivity contribution is 0.372. The van der Waals surface area contributed by atoms with Crippen LogP contribution in [0.5, 0.6) is 0 Å². The number of aliphatic imine (C=N–C) groups is 1. The van der Waals surface area contributed by atoms with E-state index in [9.17, 15) is 0 Å². The summed E-state index contributed by atoms with van der Waals surface area (Å²) in [4.78, 5) is 4.75. The summed E-state index contributed by atoms with van der Waals surface area (Å²) in [6.07, 6.45) is 0. The van der Waals surface area contributed by atoms with Crippen LogP contribution < -0.4 is 10.6 Å². The Morgan fingerprint density at radius 3 is 2.53 bits per heavy atom. The number of guanidine groups is 1. The lowest BCUT2D eigenvalue weighted by Gasteiger charge is -2.10. The van der Waals surface area contributed by atoms with Crippen molar-refractivity contribution in [3.05, 3.63) is 64.8 Å². The van der Waals surface area contributed by atoms with E-state index in [-0.39, 0.29) is 24.0 Å². The number of hydrogen-bond donors (Lipinski definition) is 2. The number of para-hydroxylation sites is 1. The molecule has 0 fully saturated rings. The van der Waals surface area contributed by atoms with Crippen LogP contribution in [0, 0.1) is 13.8 Å². The van der Waals surface area contributed by atoms with Gasteiger partial charge in [0.25, 0.3) is 0 Å². The van der Waals surface area contributed by atoms with Gasteiger partial charge in [-0.15, -0.1) is 24.0 Å². The lowest BCUT2D eigenvalue weighted by atomic mass is 10.1. The Kier molecular flexibility index (Phi) is 8.88. The highest BCUT2D eigenvalue weighted by atomic mass is 127. The van der Waals surface area contributed by atoms with Gasteiger partial charge in [-0.05, 0) is 38.8 Å². The quantitative estimate of drug-likeness (QED) is 0.272. The predicted octanol–water partition coefficient (Wildman–Crippen LogP) is 4.47. The Hall–Kier alpha value is -2.36. The Labute approximate surface area is 195 Å². The summed E-state index contributed by atoms with van der Waals surface area (Å²) in [7, 11) is 0. The van der Waals surface area contributed by atoms with E-state index in [4.69, 9.17) is 14.6 Å². The summed E-state index contributed by atoms with van der Waals surface area (Å²) in [6.45, 7) is 12.2. The minimum absolute atomic E-state index is 0. The SMILES string of the molecule is CCNC(=NCc1c(C)nn(-c2ccccc2)c1C)NCc1cc(C(C)C)no1.I. The van der Waals surface area contributed by atoms with Gasteiger partial charge in [0.2, 0.25) is 0 Å². The molecule has 0 radical (unpaired) electrons. The van der Waals surface area contributed by atoms with Gasteiger partial charge in [-0.3, -0.25) is 0 Å². The van der Waals surface area contributed by atoms with Crippen LogP contribution in [0.4, 0.5) is 0 Å². The van der Waals surface area contributed by atoms with E-state index < -0.39 is 0 Å². The fourth-order valence-corrected chi connectivity index (χ4v) is 3.08. The molecule has 0 bridgehead atoms. The van der Waals surface area contributed by atoms with E-state index in [1.165, 1.54) is 0 Å². The summed E-state index contributed by atoms with van der Waals surface area (Å²) in [5, 5.41) is 15.4. The minimum Gasteiger partial charge on any atom is -0.359 e. The van der Waals surface area contributed by atoms with Crippen LogP contribution >= 0.6 is 24.0 Å². The number of aromatic nitrogens is 3. The third kappa shape index (κ3) is 5.84. The topological polar surface area (TPSA) is 80.3 Å². The third-order valence-electron chi connectivity index (χ3n) is 4.78. The highest BCUT2D eigenvalue weighted by molar-refractivity contribution is 14.0. The number of aryl methyl sites for hydroxylation is 1. The van der Waals surface area contributed by atoms with E-state index in [1.807, 2.05) is 42.8 Å². The maximum absolute atomic E-state index is 5.40. The molecule has 0 aliphatic heterocycles. The van der Waals surface area contributed by atoms with Gasteiger partial charge in [0.15, 0.2) is 11.7 Å². The number of halogens is 1. The first-order valence-corrected chi connectivity index (χ1v) is 10.1. The van der Waals surface area contributed by atoms with Crippen molar-refractivity contribution in [1.29, 1.82) is 0 Å². The number of nitrogens with one attached hydrogen (secondary N) is 2. The zero-order valence-corrected chi connectivity index (χ0v) is 20.6. The molecule has 30 heavy (non-hydrogen) atoms. The molecule has 8 heteroatoms. The van der Waals surface area contributed by atoms with Crippen molar-refractivity contribution >= 4 is 29.9 Å². The average Bonchev–Trinajstić information content (AvgIpc) is 3.30. The molecular formula is C22H31IN6O. The molecule has 0 unspecified atom stereocenters. The van der Waals surface area contributed by atoms with E-state index in [1.54, 1.807) is 0 Å². The first-order valence-electron chi connectivity index (χ1n) is 10.1. The summed E-state index contributed by atoms with van der Waals surface area (Å²) < 4.78 is 7.37. The lowest BCUT2D eigenvalue weighted by Crippen LogP contribution is -2.36. The molecule has 1 aromatic carbocycles. The Balaban J connectivity index is 0.00000320. The van der Waals surface area contributed by atoms with Crippen LogP contribution in [-0.2, 0) is 13.1 Å². The molecule has 3 rings (SSSR count). The second kappa shape index (κ2) is 11.1. The van der Waals surface area contributed by atoms with Crippen molar-refractivity contribution in [3.8, 4) is 5.69 Å². The van der Waals surface area contributed by atoms with Crippen molar-refractivity contribution in [2.45, 2.75) is 53.6 Å². The summed E-state index contributed by atoms with van der Waals surface area (Å²) in [6, 6.07) is 12.1. The maximum atomic E-state index is 5.40. The molecule has 2 aromatic heterocycles. The predicted molar refractivity (Wildman–Crippen MR) is 131 cm³/mol. The Morgan fingerprint density at radius 2 is 1.90 bits per heavy atom. The van der Waals surface area contributed by atoms with Gasteiger partial charge in [0.05, 0.1) is 30.2 Å². The van der Waals surface area contributed by atoms with Crippen LogP contribution in [0.2, 0.25) is 0 Å². The van der Waals surface area contributed by atoms with Crippen LogP contribution in [0.15, 0.2) is 45.9 Å². The maximum Gasteiger partial charge on any atom is 0.191 e. The fourth-order valence-electron chi connectivity index (χ4n) is 3.08. The molecule has 162 valence electrons. The molecule has 0 saturated carbocycles. The molecule has 0 atom stereocenters. The van der Waals surface area contributed by atoms with Gasteiger partial charge >= 0.3 is 0 Å². The molecule has 0 amide bonds. The smallest absolute Gasteiger partial charge is 0.191 e. The minimum atomic E-state index is 0. The number of hydrogen-bond acceptors (Lipinski definition) is 4. The van der Waals surface area contributed by atoms with Crippen LogP contribution in [0.25, 0.3) is 5.69 Å². The Morgan fingerprint density at radius 1 is 1.17 bits per heavy atom. The normalized spacial score (nSPS) is 11.5. The number of rotatable bonds is 7. The first kappa shape index (κ1) is 23.9. The molecule has 0 aliphatic carbocycles. The first-order chi connectivity index (χ1) is 14.0.